The Labute approximate surface area is 269 Å². The predicted octanol–water partition coefficient (Wildman–Crippen LogP) is -8.89. The third-order valence-corrected chi connectivity index (χ3v) is 7.53. The van der Waals surface area contributed by atoms with Gasteiger partial charge < -0.3 is 40.3 Å². The van der Waals surface area contributed by atoms with E-state index in [1.807, 2.05) is 0 Å². The van der Waals surface area contributed by atoms with Crippen molar-refractivity contribution in [3.05, 3.63) is 12.7 Å². The molecule has 0 saturated carbocycles. The first-order chi connectivity index (χ1) is 14.2. The van der Waals surface area contributed by atoms with Crippen LogP contribution in [-0.4, -0.2) is 64.4 Å². The van der Waals surface area contributed by atoms with Crippen molar-refractivity contribution in [1.82, 2.24) is 19.5 Å². The maximum Gasteiger partial charge on any atom is 1.00 e. The fourth-order valence-electron chi connectivity index (χ4n) is 2.61. The second kappa shape index (κ2) is 12.6. The van der Waals surface area contributed by atoms with Gasteiger partial charge in [0.25, 0.3) is 15.6 Å². The van der Waals surface area contributed by atoms with Crippen molar-refractivity contribution in [1.29, 1.82) is 0 Å². The Morgan fingerprint density at radius 1 is 1.09 bits per heavy atom. The molecule has 2 aromatic rings. The summed E-state index contributed by atoms with van der Waals surface area (Å²) in [5.74, 6) is 0.0322. The van der Waals surface area contributed by atoms with Crippen molar-refractivity contribution in [2.24, 2.45) is 0 Å². The summed E-state index contributed by atoms with van der Waals surface area (Å²) < 4.78 is 51.0. The van der Waals surface area contributed by atoms with Crippen LogP contribution in [0, 0.1) is 0 Å². The molecule has 1 saturated heterocycles. The summed E-state index contributed by atoms with van der Waals surface area (Å²) in [6, 6.07) is 0. The summed E-state index contributed by atoms with van der Waals surface area (Å²) >= 11 is 0. The van der Waals surface area contributed by atoms with Gasteiger partial charge >= 0.3 is 111 Å². The van der Waals surface area contributed by atoms with Gasteiger partial charge in [0.15, 0.2) is 17.7 Å². The molecule has 3 heterocycles. The molecule has 0 amide bonds. The molecule has 33 heavy (non-hydrogen) atoms. The Morgan fingerprint density at radius 3 is 2.33 bits per heavy atom. The van der Waals surface area contributed by atoms with Crippen LogP contribution in [0.15, 0.2) is 12.7 Å². The van der Waals surface area contributed by atoms with E-state index < -0.39 is 54.6 Å². The normalized spacial score (nSPS) is 28.2. The molecule has 2 aromatic heterocycles. The quantitative estimate of drug-likeness (QED) is 0.142. The number of aliphatic hydroxyl groups is 2. The van der Waals surface area contributed by atoms with Crippen molar-refractivity contribution in [3.8, 4) is 0 Å². The minimum atomic E-state index is -6.01. The molecule has 1 aliphatic rings. The van der Waals surface area contributed by atoms with Crippen LogP contribution < -0.4 is 118 Å². The molecule has 0 aliphatic carbocycles. The third kappa shape index (κ3) is 8.73. The summed E-state index contributed by atoms with van der Waals surface area (Å²) in [5, 5.41) is 20.4. The maximum atomic E-state index is 11.7. The molecule has 0 radical (unpaired) electrons. The van der Waals surface area contributed by atoms with Gasteiger partial charge in [0, 0.05) is 0 Å². The number of hydrogen-bond donors (Lipinski definition) is 5. The zero-order valence-corrected chi connectivity index (χ0v) is 25.8. The van der Waals surface area contributed by atoms with E-state index in [1.54, 1.807) is 0 Å². The van der Waals surface area contributed by atoms with E-state index in [4.69, 9.17) is 15.4 Å². The van der Waals surface area contributed by atoms with E-state index in [0.717, 1.165) is 6.33 Å². The van der Waals surface area contributed by atoms with E-state index in [0.29, 0.717) is 0 Å². The number of phosphoric acid groups is 3. The van der Waals surface area contributed by atoms with Gasteiger partial charge in [-0.1, -0.05) is 0 Å². The van der Waals surface area contributed by atoms with Gasteiger partial charge in [0.05, 0.1) is 12.9 Å². The first-order valence-corrected chi connectivity index (χ1v) is 12.3. The molecule has 0 aromatic carbocycles. The average molecular weight is 583 g/mol. The van der Waals surface area contributed by atoms with Crippen molar-refractivity contribution in [3.63, 3.8) is 0 Å². The Balaban J connectivity index is 0.00000272. The van der Waals surface area contributed by atoms with Crippen LogP contribution in [0.5, 0.6) is 0 Å². The number of nitrogens with two attached hydrogens (primary N) is 1. The smallest absolute Gasteiger partial charge is 0.756 e. The molecular weight excluding hydrogens is 569 g/mol. The van der Waals surface area contributed by atoms with E-state index in [9.17, 15) is 38.6 Å². The summed E-state index contributed by atoms with van der Waals surface area (Å²) in [6.07, 6.45) is -3.81. The average Bonchev–Trinajstić information content (AvgIpc) is 3.13. The van der Waals surface area contributed by atoms with E-state index in [-0.39, 0.29) is 120 Å². The van der Waals surface area contributed by atoms with Crippen LogP contribution in [0.4, 0.5) is 5.82 Å². The van der Waals surface area contributed by atoms with Gasteiger partial charge in [-0.25, -0.2) is 28.1 Å². The fraction of sp³-hybridized carbons (Fsp3) is 0.500. The van der Waals surface area contributed by atoms with Crippen LogP contribution in [0.25, 0.3) is 11.2 Å². The number of nitrogen functional groups attached to an aromatic ring is 1. The number of hydrogen-bond acceptors (Lipinski definition) is 15. The number of nitrogens with zero attached hydrogens (tertiary/aromatic N) is 4. The topological polar surface area (TPSA) is 285 Å². The molecule has 1 aliphatic heterocycles. The molecule has 23 heteroatoms. The monoisotopic (exact) mass is 583 g/mol. The first kappa shape index (κ1) is 32.9. The zero-order chi connectivity index (χ0) is 23.2. The number of ether oxygens (including phenoxy) is 1. The Kier molecular flexibility index (Phi) is 12.6. The van der Waals surface area contributed by atoms with Crippen molar-refractivity contribution in [2.45, 2.75) is 24.5 Å². The number of rotatable bonds is 8. The van der Waals surface area contributed by atoms with Crippen LogP contribution >= 0.6 is 23.5 Å². The zero-order valence-electron chi connectivity index (χ0n) is 16.8. The number of anilines is 1. The molecule has 3 rings (SSSR count). The number of imidazole rings is 1. The SMILES string of the molecule is Nc1ncnc2c1ncn2C1OC(COP(=O)(O)OP(=O)([O-])OP(=O)([O-])O)C(O)C1O.[K+].[K+]. The summed E-state index contributed by atoms with van der Waals surface area (Å²) in [6.45, 7) is -1.000. The number of phosphoric ester groups is 1. The third-order valence-electron chi connectivity index (χ3n) is 3.81. The maximum absolute atomic E-state index is 11.7. The second-order valence-electron chi connectivity index (χ2n) is 5.97. The molecule has 0 bridgehead atoms. The van der Waals surface area contributed by atoms with Crippen molar-refractivity contribution in [2.75, 3.05) is 12.3 Å². The molecular formula is C10H14K2N5O13P3. The first-order valence-electron chi connectivity index (χ1n) is 7.88. The van der Waals surface area contributed by atoms with Gasteiger partial charge in [0.2, 0.25) is 0 Å². The van der Waals surface area contributed by atoms with Crippen LogP contribution in [-0.2, 0) is 31.6 Å². The van der Waals surface area contributed by atoms with Crippen molar-refractivity contribution < 1.29 is 164 Å². The molecule has 18 nitrogen and oxygen atoms in total. The summed E-state index contributed by atoms with van der Waals surface area (Å²) in [4.78, 5) is 51.0. The van der Waals surface area contributed by atoms with Crippen molar-refractivity contribution >= 4 is 40.4 Å². The Morgan fingerprint density at radius 2 is 1.73 bits per heavy atom. The molecule has 7 atom stereocenters. The van der Waals surface area contributed by atoms with E-state index in [2.05, 4.69) is 28.1 Å². The standard InChI is InChI=1S/C10H16N5O13P3.2K/c11-8-5-9(13-2-12-8)15(3-14-5)10-7(17)6(16)4(26-10)1-25-30(21,22)28-31(23,24)27-29(18,19)20;;/h2-4,6-7,10,16-17H,1H2,(H,21,22)(H,23,24)(H2,11,12,13)(H2,18,19,20);;/q;2*+1/p-2. The largest absolute Gasteiger partial charge is 1.00 e. The fourth-order valence-corrected chi connectivity index (χ4v) is 5.55. The minimum absolute atomic E-state index is 0. The van der Waals surface area contributed by atoms with Gasteiger partial charge in [-0.3, -0.25) is 18.2 Å². The second-order valence-corrected chi connectivity index (χ2v) is 10.3. The van der Waals surface area contributed by atoms with Gasteiger partial charge in [-0.15, -0.1) is 0 Å². The Bertz CT molecular complexity index is 1120. The van der Waals surface area contributed by atoms with Crippen LogP contribution in [0.2, 0.25) is 0 Å². The van der Waals surface area contributed by atoms with E-state index in [1.165, 1.54) is 10.9 Å². The predicted molar refractivity (Wildman–Crippen MR) is 91.0 cm³/mol. The number of aliphatic hydroxyl groups excluding tert-OH is 2. The Hall–Kier alpha value is 1.91. The molecule has 0 spiro atoms. The van der Waals surface area contributed by atoms with Crippen LogP contribution in [0.3, 0.4) is 0 Å². The summed E-state index contributed by atoms with van der Waals surface area (Å²) in [7, 11) is -17.4. The number of fused-ring (bicyclic) bond motifs is 1. The van der Waals surface area contributed by atoms with Crippen LogP contribution in [0.1, 0.15) is 6.23 Å². The number of aromatic nitrogens is 4. The molecule has 174 valence electrons. The molecule has 7 unspecified atom stereocenters. The van der Waals surface area contributed by atoms with E-state index >= 15 is 0 Å². The molecule has 6 N–H and O–H groups in total. The minimum Gasteiger partial charge on any atom is -0.756 e. The van der Waals surface area contributed by atoms with Gasteiger partial charge in [0.1, 0.15) is 30.2 Å². The van der Waals surface area contributed by atoms with Gasteiger partial charge in [-0.05, 0) is 0 Å². The summed E-state index contributed by atoms with van der Waals surface area (Å²) in [5.41, 5.74) is 5.97. The molecule has 1 fully saturated rings. The van der Waals surface area contributed by atoms with Gasteiger partial charge in [-0.2, -0.15) is 0 Å².